The Morgan fingerprint density at radius 3 is 2.67 bits per heavy atom. The summed E-state index contributed by atoms with van der Waals surface area (Å²) in [5, 5.41) is 0.708. The third-order valence-electron chi connectivity index (χ3n) is 2.60. The Bertz CT molecular complexity index is 502. The molecule has 0 aliphatic rings. The van der Waals surface area contributed by atoms with Crippen LogP contribution >= 0.6 is 15.9 Å². The number of ether oxygens (including phenoxy) is 1. The lowest BCUT2D eigenvalue weighted by Gasteiger charge is -2.10. The van der Waals surface area contributed by atoms with Crippen LogP contribution in [0.3, 0.4) is 0 Å². The molecule has 0 amide bonds. The predicted molar refractivity (Wildman–Crippen MR) is 75.0 cm³/mol. The Morgan fingerprint density at radius 1 is 1.17 bits per heavy atom. The van der Waals surface area contributed by atoms with E-state index in [1.807, 2.05) is 31.2 Å². The molecular weight excluding hydrogens is 292 g/mol. The summed E-state index contributed by atoms with van der Waals surface area (Å²) in [4.78, 5) is 8.43. The fraction of sp³-hybridized carbons (Fsp3) is 0.286. The van der Waals surface area contributed by atoms with Gasteiger partial charge in [0.15, 0.2) is 0 Å². The second-order valence-corrected chi connectivity index (χ2v) is 4.55. The number of halogens is 1. The average molecular weight is 307 g/mol. The van der Waals surface area contributed by atoms with E-state index in [0.29, 0.717) is 11.9 Å². The number of hydrogen-bond acceptors (Lipinski definition) is 3. The molecule has 0 spiro atoms. The number of alkyl halides is 1. The van der Waals surface area contributed by atoms with Gasteiger partial charge in [0.25, 0.3) is 0 Å². The molecule has 0 aliphatic carbocycles. The molecule has 0 saturated heterocycles. The third kappa shape index (κ3) is 3.53. The summed E-state index contributed by atoms with van der Waals surface area (Å²) < 4.78 is 5.77. The lowest BCUT2D eigenvalue weighted by Crippen LogP contribution is -2.04. The maximum atomic E-state index is 5.77. The van der Waals surface area contributed by atoms with Crippen molar-refractivity contribution in [1.29, 1.82) is 0 Å². The standard InChI is InChI=1S/C14H15BrN2O/c1-11-2-3-14(13(10-15)17-11)18-9-6-12-4-7-16-8-5-12/h2-5,7-8H,6,9-10H2,1H3. The van der Waals surface area contributed by atoms with E-state index in [0.717, 1.165) is 23.6 Å². The Labute approximate surface area is 115 Å². The number of aryl methyl sites for hydroxylation is 1. The molecule has 3 nitrogen and oxygen atoms in total. The van der Waals surface area contributed by atoms with Crippen molar-refractivity contribution in [3.63, 3.8) is 0 Å². The summed E-state index contributed by atoms with van der Waals surface area (Å²) in [6, 6.07) is 7.95. The summed E-state index contributed by atoms with van der Waals surface area (Å²) in [5.41, 5.74) is 3.18. The molecule has 0 atom stereocenters. The van der Waals surface area contributed by atoms with E-state index in [2.05, 4.69) is 25.9 Å². The molecule has 0 bridgehead atoms. The summed E-state index contributed by atoms with van der Waals surface area (Å²) >= 11 is 3.43. The molecule has 2 aromatic rings. The van der Waals surface area contributed by atoms with Crippen LogP contribution in [0.5, 0.6) is 5.75 Å². The van der Waals surface area contributed by atoms with Crippen molar-refractivity contribution in [1.82, 2.24) is 9.97 Å². The molecule has 0 fully saturated rings. The SMILES string of the molecule is Cc1ccc(OCCc2ccncc2)c(CBr)n1. The molecule has 94 valence electrons. The Kier molecular flexibility index (Phi) is 4.70. The third-order valence-corrected chi connectivity index (χ3v) is 3.13. The first kappa shape index (κ1) is 13.0. The van der Waals surface area contributed by atoms with Crippen LogP contribution in [0.25, 0.3) is 0 Å². The van der Waals surface area contributed by atoms with Gasteiger partial charge in [0, 0.05) is 29.8 Å². The first-order valence-corrected chi connectivity index (χ1v) is 6.96. The van der Waals surface area contributed by atoms with Crippen LogP contribution < -0.4 is 4.74 Å². The van der Waals surface area contributed by atoms with Gasteiger partial charge in [-0.05, 0) is 36.8 Å². The van der Waals surface area contributed by atoms with Crippen molar-refractivity contribution in [3.8, 4) is 5.75 Å². The zero-order valence-corrected chi connectivity index (χ0v) is 11.9. The van der Waals surface area contributed by atoms with Crippen molar-refractivity contribution < 1.29 is 4.74 Å². The molecule has 0 unspecified atom stereocenters. The molecule has 2 heterocycles. The molecule has 4 heteroatoms. The summed E-state index contributed by atoms with van der Waals surface area (Å²) in [5.74, 6) is 0.853. The number of rotatable bonds is 5. The van der Waals surface area contributed by atoms with Crippen molar-refractivity contribution in [2.45, 2.75) is 18.7 Å². The topological polar surface area (TPSA) is 35.0 Å². The zero-order chi connectivity index (χ0) is 12.8. The quantitative estimate of drug-likeness (QED) is 0.795. The number of hydrogen-bond donors (Lipinski definition) is 0. The van der Waals surface area contributed by atoms with Crippen molar-refractivity contribution in [3.05, 3.63) is 53.6 Å². The van der Waals surface area contributed by atoms with Crippen LogP contribution in [0.4, 0.5) is 0 Å². The second-order valence-electron chi connectivity index (χ2n) is 3.99. The van der Waals surface area contributed by atoms with Crippen LogP contribution in [-0.4, -0.2) is 16.6 Å². The molecule has 0 radical (unpaired) electrons. The summed E-state index contributed by atoms with van der Waals surface area (Å²) in [7, 11) is 0. The fourth-order valence-electron chi connectivity index (χ4n) is 1.65. The number of aromatic nitrogens is 2. The highest BCUT2D eigenvalue weighted by Gasteiger charge is 2.04. The molecule has 0 aromatic carbocycles. The maximum Gasteiger partial charge on any atom is 0.141 e. The van der Waals surface area contributed by atoms with Crippen LogP contribution in [-0.2, 0) is 11.8 Å². The smallest absolute Gasteiger partial charge is 0.141 e. The Balaban J connectivity index is 1.94. The first-order chi connectivity index (χ1) is 8.79. The summed E-state index contributed by atoms with van der Waals surface area (Å²) in [6.07, 6.45) is 4.47. The van der Waals surface area contributed by atoms with Crippen LogP contribution in [0.2, 0.25) is 0 Å². The van der Waals surface area contributed by atoms with Gasteiger partial charge in [0.1, 0.15) is 5.75 Å². The fourth-order valence-corrected chi connectivity index (χ4v) is 2.05. The Morgan fingerprint density at radius 2 is 1.94 bits per heavy atom. The van der Waals surface area contributed by atoms with Gasteiger partial charge in [-0.3, -0.25) is 9.97 Å². The Hall–Kier alpha value is -1.42. The van der Waals surface area contributed by atoms with Gasteiger partial charge in [0.2, 0.25) is 0 Å². The van der Waals surface area contributed by atoms with Crippen molar-refractivity contribution in [2.24, 2.45) is 0 Å². The predicted octanol–water partition coefficient (Wildman–Crippen LogP) is 3.30. The monoisotopic (exact) mass is 306 g/mol. The van der Waals surface area contributed by atoms with Crippen LogP contribution in [0.15, 0.2) is 36.7 Å². The van der Waals surface area contributed by atoms with Gasteiger partial charge in [-0.25, -0.2) is 0 Å². The highest BCUT2D eigenvalue weighted by molar-refractivity contribution is 9.08. The second kappa shape index (κ2) is 6.50. The van der Waals surface area contributed by atoms with E-state index >= 15 is 0 Å². The van der Waals surface area contributed by atoms with E-state index in [4.69, 9.17) is 4.74 Å². The molecular formula is C14H15BrN2O. The van der Waals surface area contributed by atoms with E-state index in [1.165, 1.54) is 5.56 Å². The summed E-state index contributed by atoms with van der Waals surface area (Å²) in [6.45, 7) is 2.63. The maximum absolute atomic E-state index is 5.77. The number of pyridine rings is 2. The van der Waals surface area contributed by atoms with Gasteiger partial charge in [0.05, 0.1) is 12.3 Å². The average Bonchev–Trinajstić information content (AvgIpc) is 2.41. The molecule has 18 heavy (non-hydrogen) atoms. The molecule has 0 N–H and O–H groups in total. The van der Waals surface area contributed by atoms with Crippen molar-refractivity contribution >= 4 is 15.9 Å². The molecule has 2 rings (SSSR count). The highest BCUT2D eigenvalue weighted by atomic mass is 79.9. The largest absolute Gasteiger partial charge is 0.491 e. The number of nitrogens with zero attached hydrogens (tertiary/aromatic N) is 2. The molecule has 2 aromatic heterocycles. The lowest BCUT2D eigenvalue weighted by molar-refractivity contribution is 0.318. The lowest BCUT2D eigenvalue weighted by atomic mass is 10.2. The van der Waals surface area contributed by atoms with Crippen LogP contribution in [0.1, 0.15) is 17.0 Å². The minimum absolute atomic E-state index is 0.648. The molecule has 0 saturated carbocycles. The van der Waals surface area contributed by atoms with E-state index < -0.39 is 0 Å². The van der Waals surface area contributed by atoms with Gasteiger partial charge in [-0.15, -0.1) is 0 Å². The van der Waals surface area contributed by atoms with Crippen molar-refractivity contribution in [2.75, 3.05) is 6.61 Å². The van der Waals surface area contributed by atoms with E-state index in [9.17, 15) is 0 Å². The van der Waals surface area contributed by atoms with Crippen LogP contribution in [0, 0.1) is 6.92 Å². The van der Waals surface area contributed by atoms with Gasteiger partial charge in [-0.1, -0.05) is 15.9 Å². The van der Waals surface area contributed by atoms with E-state index in [-0.39, 0.29) is 0 Å². The van der Waals surface area contributed by atoms with Gasteiger partial charge >= 0.3 is 0 Å². The van der Waals surface area contributed by atoms with E-state index in [1.54, 1.807) is 12.4 Å². The minimum atomic E-state index is 0.648. The van der Waals surface area contributed by atoms with Gasteiger partial charge < -0.3 is 4.74 Å². The first-order valence-electron chi connectivity index (χ1n) is 5.84. The normalized spacial score (nSPS) is 10.3. The highest BCUT2D eigenvalue weighted by Crippen LogP contribution is 2.19. The molecule has 0 aliphatic heterocycles. The zero-order valence-electron chi connectivity index (χ0n) is 10.3. The minimum Gasteiger partial charge on any atom is -0.491 e. The van der Waals surface area contributed by atoms with Gasteiger partial charge in [-0.2, -0.15) is 0 Å².